The van der Waals surface area contributed by atoms with Crippen molar-refractivity contribution in [3.63, 3.8) is 0 Å². The van der Waals surface area contributed by atoms with Crippen LogP contribution in [0.25, 0.3) is 0 Å². The van der Waals surface area contributed by atoms with E-state index in [1.165, 1.54) is 372 Å². The number of aliphatic hydroxyl groups excluding tert-OH is 2. The van der Waals surface area contributed by atoms with Gasteiger partial charge in [-0.2, -0.15) is 0 Å². The third-order valence-corrected chi connectivity index (χ3v) is 17.3. The number of hydrogen-bond acceptors (Lipinski definition) is 3. The van der Waals surface area contributed by atoms with Gasteiger partial charge < -0.3 is 15.5 Å². The van der Waals surface area contributed by atoms with E-state index in [9.17, 15) is 15.0 Å². The highest BCUT2D eigenvalue weighted by Gasteiger charge is 2.20. The summed E-state index contributed by atoms with van der Waals surface area (Å²) >= 11 is 0. The van der Waals surface area contributed by atoms with Crippen molar-refractivity contribution in [1.29, 1.82) is 0 Å². The fourth-order valence-electron chi connectivity index (χ4n) is 11.8. The Bertz CT molecular complexity index is 1080. The Labute approximate surface area is 479 Å². The van der Waals surface area contributed by atoms with Gasteiger partial charge in [0, 0.05) is 6.42 Å². The van der Waals surface area contributed by atoms with Crippen molar-refractivity contribution < 1.29 is 15.0 Å². The first-order chi connectivity index (χ1) is 37.7. The van der Waals surface area contributed by atoms with Gasteiger partial charge in [0.25, 0.3) is 0 Å². The number of unbranched alkanes of at least 4 members (excludes halogenated alkanes) is 59. The Morgan fingerprint density at radius 3 is 0.724 bits per heavy atom. The molecule has 0 saturated carbocycles. The number of rotatable bonds is 68. The molecule has 0 aromatic heterocycles. The van der Waals surface area contributed by atoms with Crippen molar-refractivity contribution in [2.45, 2.75) is 437 Å². The maximum absolute atomic E-state index is 12.6. The summed E-state index contributed by atoms with van der Waals surface area (Å²) < 4.78 is 0. The normalized spacial score (nSPS) is 12.6. The van der Waals surface area contributed by atoms with Crippen LogP contribution in [0.4, 0.5) is 0 Å². The number of amides is 1. The molecule has 0 heterocycles. The second-order valence-electron chi connectivity index (χ2n) is 25.0. The van der Waals surface area contributed by atoms with E-state index in [1.54, 1.807) is 0 Å². The molecule has 3 N–H and O–H groups in total. The predicted octanol–water partition coefficient (Wildman–Crippen LogP) is 24.4. The molecule has 0 bridgehead atoms. The van der Waals surface area contributed by atoms with Crippen LogP contribution in [0.1, 0.15) is 425 Å². The first-order valence-electron chi connectivity index (χ1n) is 35.9. The van der Waals surface area contributed by atoms with Crippen LogP contribution >= 0.6 is 0 Å². The molecule has 0 radical (unpaired) electrons. The molecule has 0 aromatic rings. The van der Waals surface area contributed by atoms with Crippen molar-refractivity contribution in [2.75, 3.05) is 6.61 Å². The predicted molar refractivity (Wildman–Crippen MR) is 341 cm³/mol. The van der Waals surface area contributed by atoms with E-state index in [2.05, 4.69) is 31.3 Å². The van der Waals surface area contributed by atoms with Gasteiger partial charge in [0.15, 0.2) is 0 Å². The van der Waals surface area contributed by atoms with E-state index in [0.29, 0.717) is 12.8 Å². The maximum atomic E-state index is 12.6. The lowest BCUT2D eigenvalue weighted by Crippen LogP contribution is -2.45. The molecule has 0 aliphatic heterocycles. The van der Waals surface area contributed by atoms with E-state index in [4.69, 9.17) is 0 Å². The quantitative estimate of drug-likeness (QED) is 0.0420. The largest absolute Gasteiger partial charge is 0.394 e. The first kappa shape index (κ1) is 75.1. The lowest BCUT2D eigenvalue weighted by Gasteiger charge is -2.22. The molecule has 76 heavy (non-hydrogen) atoms. The SMILES string of the molecule is CCCCCCCCCCCCCCCCCCCC/C=C\CCCCCCCCCCCCCCCCCCCC(=O)NC(CO)C(O)CCCCCCCCCCCCCCCCCCCCCCCCCCC. The molecule has 4 heteroatoms. The lowest BCUT2D eigenvalue weighted by atomic mass is 10.0. The number of carbonyl (C=O) groups excluding carboxylic acids is 1. The number of aliphatic hydroxyl groups is 2. The van der Waals surface area contributed by atoms with Crippen LogP contribution < -0.4 is 5.32 Å². The molecule has 0 aliphatic rings. The van der Waals surface area contributed by atoms with Crippen molar-refractivity contribution in [3.05, 3.63) is 12.2 Å². The molecular formula is C72H143NO3. The van der Waals surface area contributed by atoms with Crippen LogP contribution in [-0.4, -0.2) is 34.9 Å². The smallest absolute Gasteiger partial charge is 0.220 e. The van der Waals surface area contributed by atoms with Crippen molar-refractivity contribution >= 4 is 5.91 Å². The zero-order chi connectivity index (χ0) is 54.8. The fraction of sp³-hybridized carbons (Fsp3) is 0.958. The summed E-state index contributed by atoms with van der Waals surface area (Å²) in [7, 11) is 0. The average Bonchev–Trinajstić information content (AvgIpc) is 3.42. The van der Waals surface area contributed by atoms with Crippen LogP contribution in [0.2, 0.25) is 0 Å². The molecule has 2 unspecified atom stereocenters. The summed E-state index contributed by atoms with van der Waals surface area (Å²) in [6.45, 7) is 4.42. The molecule has 0 rings (SSSR count). The first-order valence-corrected chi connectivity index (χ1v) is 35.9. The van der Waals surface area contributed by atoms with Gasteiger partial charge in [0.1, 0.15) is 0 Å². The Hall–Kier alpha value is -0.870. The second kappa shape index (κ2) is 68.4. The highest BCUT2D eigenvalue weighted by Crippen LogP contribution is 2.20. The average molecular weight is 1070 g/mol. The van der Waals surface area contributed by atoms with Gasteiger partial charge in [-0.15, -0.1) is 0 Å². The molecule has 0 fully saturated rings. The van der Waals surface area contributed by atoms with Crippen LogP contribution in [0, 0.1) is 0 Å². The zero-order valence-corrected chi connectivity index (χ0v) is 52.6. The Kier molecular flexibility index (Phi) is 67.6. The molecule has 2 atom stereocenters. The summed E-state index contributed by atoms with van der Waals surface area (Å²) in [4.78, 5) is 12.6. The van der Waals surface area contributed by atoms with Crippen molar-refractivity contribution in [1.82, 2.24) is 5.32 Å². The summed E-state index contributed by atoms with van der Waals surface area (Å²) in [6, 6.07) is -0.535. The van der Waals surface area contributed by atoms with Gasteiger partial charge in [-0.3, -0.25) is 4.79 Å². The van der Waals surface area contributed by atoms with Gasteiger partial charge in [-0.25, -0.2) is 0 Å². The van der Waals surface area contributed by atoms with Gasteiger partial charge in [-0.05, 0) is 38.5 Å². The number of nitrogens with one attached hydrogen (secondary N) is 1. The highest BCUT2D eigenvalue weighted by molar-refractivity contribution is 5.76. The summed E-state index contributed by atoms with van der Waals surface area (Å²) in [5.74, 6) is -0.0212. The molecule has 0 aromatic carbocycles. The van der Waals surface area contributed by atoms with E-state index in [0.717, 1.165) is 25.7 Å². The summed E-state index contributed by atoms with van der Waals surface area (Å²) in [5.41, 5.74) is 0. The Morgan fingerprint density at radius 2 is 0.500 bits per heavy atom. The minimum Gasteiger partial charge on any atom is -0.394 e. The van der Waals surface area contributed by atoms with Crippen molar-refractivity contribution in [2.24, 2.45) is 0 Å². The van der Waals surface area contributed by atoms with Crippen LogP contribution in [0.5, 0.6) is 0 Å². The standard InChI is InChI=1S/C72H143NO3/c1-3-5-7-9-11-13-15-17-19-21-23-25-27-29-30-31-32-33-34-35-36-37-38-39-40-41-42-44-46-48-50-52-54-56-58-60-62-64-66-68-72(76)73-70(69-74)71(75)67-65-63-61-59-57-55-53-51-49-47-45-43-28-26-24-22-20-18-16-14-12-10-8-6-4-2/h35-36,70-71,74-75H,3-34,37-69H2,1-2H3,(H,73,76)/b36-35-. The Balaban J connectivity index is 3.36. The highest BCUT2D eigenvalue weighted by atomic mass is 16.3. The molecule has 0 aliphatic carbocycles. The summed E-state index contributed by atoms with van der Waals surface area (Å²) in [5, 5.41) is 23.5. The van der Waals surface area contributed by atoms with Crippen LogP contribution in [0.3, 0.4) is 0 Å². The summed E-state index contributed by atoms with van der Waals surface area (Å²) in [6.07, 6.45) is 91.4. The minimum atomic E-state index is -0.658. The number of hydrogen-bond donors (Lipinski definition) is 3. The molecule has 0 spiro atoms. The third kappa shape index (κ3) is 64.0. The van der Waals surface area contributed by atoms with Gasteiger partial charge in [0.2, 0.25) is 5.91 Å². The maximum Gasteiger partial charge on any atom is 0.220 e. The molecular weight excluding hydrogens is 927 g/mol. The molecule has 4 nitrogen and oxygen atoms in total. The molecule has 1 amide bonds. The van der Waals surface area contributed by atoms with Gasteiger partial charge >= 0.3 is 0 Å². The second-order valence-corrected chi connectivity index (χ2v) is 25.0. The van der Waals surface area contributed by atoms with Crippen LogP contribution in [0.15, 0.2) is 12.2 Å². The zero-order valence-electron chi connectivity index (χ0n) is 52.6. The number of carbonyl (C=O) groups is 1. The topological polar surface area (TPSA) is 69.6 Å². The third-order valence-electron chi connectivity index (χ3n) is 17.3. The number of allylic oxidation sites excluding steroid dienone is 2. The van der Waals surface area contributed by atoms with E-state index in [-0.39, 0.29) is 12.5 Å². The lowest BCUT2D eigenvalue weighted by molar-refractivity contribution is -0.123. The Morgan fingerprint density at radius 1 is 0.303 bits per heavy atom. The van der Waals surface area contributed by atoms with Crippen molar-refractivity contribution in [3.8, 4) is 0 Å². The van der Waals surface area contributed by atoms with Gasteiger partial charge in [-0.1, -0.05) is 392 Å². The fourth-order valence-corrected chi connectivity index (χ4v) is 11.8. The molecule has 454 valence electrons. The van der Waals surface area contributed by atoms with E-state index in [1.807, 2.05) is 0 Å². The molecule has 0 saturated heterocycles. The van der Waals surface area contributed by atoms with Gasteiger partial charge in [0.05, 0.1) is 18.8 Å². The van der Waals surface area contributed by atoms with E-state index < -0.39 is 12.1 Å². The minimum absolute atomic E-state index is 0.0212. The van der Waals surface area contributed by atoms with E-state index >= 15 is 0 Å². The van der Waals surface area contributed by atoms with Crippen LogP contribution in [-0.2, 0) is 4.79 Å². The monoisotopic (exact) mass is 1070 g/mol.